The second-order valence-corrected chi connectivity index (χ2v) is 4.99. The maximum Gasteiger partial charge on any atom is 0.490 e. The number of hydrogen-bond acceptors (Lipinski definition) is 3. The molecule has 0 aromatic heterocycles. The summed E-state index contributed by atoms with van der Waals surface area (Å²) in [6.07, 6.45) is 0.771. The molecule has 0 saturated carbocycles. The van der Waals surface area contributed by atoms with Crippen LogP contribution in [0.25, 0.3) is 0 Å². The topological polar surface area (TPSA) is 27.7 Å². The van der Waals surface area contributed by atoms with Gasteiger partial charge in [-0.2, -0.15) is 0 Å². The Morgan fingerprint density at radius 1 is 1.20 bits per heavy atom. The molecule has 1 aliphatic rings. The van der Waals surface area contributed by atoms with Crippen LogP contribution in [-0.2, 0) is 14.0 Å². The summed E-state index contributed by atoms with van der Waals surface area (Å²) in [5.41, 5.74) is 0.372. The predicted octanol–water partition coefficient (Wildman–Crippen LogP) is 2.21. The molecule has 1 heterocycles. The summed E-state index contributed by atoms with van der Waals surface area (Å²) in [4.78, 5) is 0. The van der Waals surface area contributed by atoms with E-state index in [4.69, 9.17) is 14.0 Å². The van der Waals surface area contributed by atoms with Crippen molar-refractivity contribution in [1.82, 2.24) is 0 Å². The van der Waals surface area contributed by atoms with Gasteiger partial charge in [0, 0.05) is 13.7 Å². The van der Waals surface area contributed by atoms with E-state index in [-0.39, 0.29) is 18.3 Å². The van der Waals surface area contributed by atoms with Crippen LogP contribution in [0.2, 0.25) is 0 Å². The number of rotatable bonds is 4. The first-order valence-corrected chi connectivity index (χ1v) is 5.32. The molecule has 0 aliphatic carbocycles. The minimum atomic E-state index is -0.301. The summed E-state index contributed by atoms with van der Waals surface area (Å²) in [5.74, 6) is 0. The standard InChI is InChI=1S/C11H21BO3/c1-9(7-8-13-6)12-14-10(2,3)11(4,5)15-12/h1,7-8H2,2-6H3. The summed E-state index contributed by atoms with van der Waals surface area (Å²) < 4.78 is 16.7. The summed E-state index contributed by atoms with van der Waals surface area (Å²) in [7, 11) is 1.38. The van der Waals surface area contributed by atoms with Crippen molar-refractivity contribution in [2.75, 3.05) is 13.7 Å². The highest BCUT2D eigenvalue weighted by molar-refractivity contribution is 6.54. The van der Waals surface area contributed by atoms with E-state index in [1.165, 1.54) is 0 Å². The van der Waals surface area contributed by atoms with Gasteiger partial charge >= 0.3 is 7.12 Å². The molecule has 1 saturated heterocycles. The van der Waals surface area contributed by atoms with E-state index in [0.29, 0.717) is 6.61 Å². The van der Waals surface area contributed by atoms with Crippen molar-refractivity contribution in [1.29, 1.82) is 0 Å². The van der Waals surface area contributed by atoms with Crippen molar-refractivity contribution >= 4 is 7.12 Å². The first kappa shape index (κ1) is 12.8. The van der Waals surface area contributed by atoms with Gasteiger partial charge in [-0.15, -0.1) is 6.58 Å². The van der Waals surface area contributed by atoms with Gasteiger partial charge in [-0.25, -0.2) is 0 Å². The monoisotopic (exact) mass is 212 g/mol. The van der Waals surface area contributed by atoms with Crippen LogP contribution in [0.15, 0.2) is 12.1 Å². The maximum absolute atomic E-state index is 5.85. The molecule has 0 bridgehead atoms. The fourth-order valence-electron chi connectivity index (χ4n) is 1.36. The van der Waals surface area contributed by atoms with Crippen LogP contribution >= 0.6 is 0 Å². The van der Waals surface area contributed by atoms with Crippen LogP contribution in [0.1, 0.15) is 34.1 Å². The lowest BCUT2D eigenvalue weighted by atomic mass is 9.77. The molecule has 0 spiro atoms. The molecule has 1 rings (SSSR count). The Bertz CT molecular complexity index is 232. The maximum atomic E-state index is 5.85. The average molecular weight is 212 g/mol. The lowest BCUT2D eigenvalue weighted by molar-refractivity contribution is 0.00578. The molecule has 1 fully saturated rings. The second-order valence-electron chi connectivity index (χ2n) is 4.99. The van der Waals surface area contributed by atoms with Gasteiger partial charge in [-0.05, 0) is 39.6 Å². The van der Waals surface area contributed by atoms with Crippen molar-refractivity contribution in [3.8, 4) is 0 Å². The Morgan fingerprint density at radius 3 is 2.07 bits per heavy atom. The van der Waals surface area contributed by atoms with Crippen LogP contribution < -0.4 is 0 Å². The van der Waals surface area contributed by atoms with Crippen molar-refractivity contribution in [3.63, 3.8) is 0 Å². The smallest absolute Gasteiger partial charge is 0.400 e. The highest BCUT2D eigenvalue weighted by Gasteiger charge is 2.51. The first-order valence-electron chi connectivity index (χ1n) is 5.32. The number of methoxy groups -OCH3 is 1. The van der Waals surface area contributed by atoms with Gasteiger partial charge in [0.15, 0.2) is 0 Å². The molecule has 86 valence electrons. The lowest BCUT2D eigenvalue weighted by Crippen LogP contribution is -2.41. The van der Waals surface area contributed by atoms with Crippen molar-refractivity contribution in [2.45, 2.75) is 45.3 Å². The fraction of sp³-hybridized carbons (Fsp3) is 0.818. The zero-order valence-corrected chi connectivity index (χ0v) is 10.4. The minimum absolute atomic E-state index is 0.284. The van der Waals surface area contributed by atoms with Crippen molar-refractivity contribution in [2.24, 2.45) is 0 Å². The largest absolute Gasteiger partial charge is 0.490 e. The Hall–Kier alpha value is -0.315. The fourth-order valence-corrected chi connectivity index (χ4v) is 1.36. The van der Waals surface area contributed by atoms with E-state index in [0.717, 1.165) is 11.9 Å². The normalized spacial score (nSPS) is 23.1. The second kappa shape index (κ2) is 4.28. The van der Waals surface area contributed by atoms with Gasteiger partial charge in [0.25, 0.3) is 0 Å². The molecule has 0 radical (unpaired) electrons. The molecule has 4 heteroatoms. The van der Waals surface area contributed by atoms with Crippen LogP contribution in [0.4, 0.5) is 0 Å². The third-order valence-corrected chi connectivity index (χ3v) is 3.21. The Kier molecular flexibility index (Phi) is 3.64. The van der Waals surface area contributed by atoms with Crippen molar-refractivity contribution < 1.29 is 14.0 Å². The highest BCUT2D eigenvalue weighted by Crippen LogP contribution is 2.38. The summed E-state index contributed by atoms with van der Waals surface area (Å²) in [6, 6.07) is 0. The zero-order valence-electron chi connectivity index (χ0n) is 10.4. The molecular formula is C11H21BO3. The van der Waals surface area contributed by atoms with Crippen LogP contribution in [0.3, 0.4) is 0 Å². The first-order chi connectivity index (χ1) is 6.80. The summed E-state index contributed by atoms with van der Waals surface area (Å²) in [5, 5.41) is 0. The molecule has 15 heavy (non-hydrogen) atoms. The lowest BCUT2D eigenvalue weighted by Gasteiger charge is -2.32. The van der Waals surface area contributed by atoms with Crippen LogP contribution in [-0.4, -0.2) is 32.0 Å². The molecule has 3 nitrogen and oxygen atoms in total. The Morgan fingerprint density at radius 2 is 1.67 bits per heavy atom. The minimum Gasteiger partial charge on any atom is -0.400 e. The average Bonchev–Trinajstić information content (AvgIpc) is 2.32. The van der Waals surface area contributed by atoms with Gasteiger partial charge in [0.05, 0.1) is 11.2 Å². The molecule has 0 N–H and O–H groups in total. The summed E-state index contributed by atoms with van der Waals surface area (Å²) in [6.45, 7) is 12.8. The third-order valence-electron chi connectivity index (χ3n) is 3.21. The zero-order chi connectivity index (χ0) is 11.7. The SMILES string of the molecule is C=C(CCOC)B1OC(C)(C)C(C)(C)O1. The highest BCUT2D eigenvalue weighted by atomic mass is 16.7. The van der Waals surface area contributed by atoms with Crippen LogP contribution in [0.5, 0.6) is 0 Å². The molecule has 0 atom stereocenters. The van der Waals surface area contributed by atoms with Gasteiger partial charge < -0.3 is 14.0 Å². The van der Waals surface area contributed by atoms with Gasteiger partial charge in [0.1, 0.15) is 0 Å². The van der Waals surface area contributed by atoms with Gasteiger partial charge in [-0.3, -0.25) is 0 Å². The Balaban J connectivity index is 2.59. The summed E-state index contributed by atoms with van der Waals surface area (Å²) >= 11 is 0. The van der Waals surface area contributed by atoms with Gasteiger partial charge in [0.2, 0.25) is 0 Å². The number of ether oxygens (including phenoxy) is 1. The molecule has 1 aliphatic heterocycles. The van der Waals surface area contributed by atoms with E-state index >= 15 is 0 Å². The van der Waals surface area contributed by atoms with E-state index in [1.807, 2.05) is 27.7 Å². The van der Waals surface area contributed by atoms with E-state index in [1.54, 1.807) is 7.11 Å². The van der Waals surface area contributed by atoms with Gasteiger partial charge in [-0.1, -0.05) is 0 Å². The molecule has 0 aromatic carbocycles. The van der Waals surface area contributed by atoms with E-state index < -0.39 is 0 Å². The molecule has 0 amide bonds. The molecule has 0 unspecified atom stereocenters. The van der Waals surface area contributed by atoms with Crippen molar-refractivity contribution in [3.05, 3.63) is 12.1 Å². The van der Waals surface area contributed by atoms with E-state index in [2.05, 4.69) is 6.58 Å². The predicted molar refractivity (Wildman–Crippen MR) is 61.7 cm³/mol. The molecule has 0 aromatic rings. The number of hydrogen-bond donors (Lipinski definition) is 0. The van der Waals surface area contributed by atoms with E-state index in [9.17, 15) is 0 Å². The Labute approximate surface area is 92.9 Å². The quantitative estimate of drug-likeness (QED) is 0.668. The third kappa shape index (κ3) is 2.62. The molecular weight excluding hydrogens is 191 g/mol. The van der Waals surface area contributed by atoms with Crippen LogP contribution in [0, 0.1) is 0 Å².